The van der Waals surface area contributed by atoms with Gasteiger partial charge >= 0.3 is 21.6 Å². The summed E-state index contributed by atoms with van der Waals surface area (Å²) < 4.78 is 66.7. The van der Waals surface area contributed by atoms with Crippen LogP contribution in [0.2, 0.25) is 0 Å². The lowest BCUT2D eigenvalue weighted by atomic mass is 9.96. The summed E-state index contributed by atoms with van der Waals surface area (Å²) in [5.74, 6) is -1.09. The van der Waals surface area contributed by atoms with Crippen LogP contribution in [0.25, 0.3) is 0 Å². The van der Waals surface area contributed by atoms with Crippen LogP contribution in [0.4, 0.5) is 13.2 Å². The van der Waals surface area contributed by atoms with Crippen molar-refractivity contribution in [2.45, 2.75) is 24.5 Å². The van der Waals surface area contributed by atoms with Crippen molar-refractivity contribution in [1.82, 2.24) is 0 Å². The minimum Gasteiger partial charge on any atom is -0.460 e. The summed E-state index contributed by atoms with van der Waals surface area (Å²) >= 11 is 0. The van der Waals surface area contributed by atoms with Crippen molar-refractivity contribution in [3.05, 3.63) is 35.9 Å². The molecule has 5 nitrogen and oxygen atoms in total. The maximum atomic E-state index is 12.1. The van der Waals surface area contributed by atoms with Gasteiger partial charge in [-0.15, -0.1) is 0 Å². The normalized spacial score (nSPS) is 22.6. The van der Waals surface area contributed by atoms with Crippen LogP contribution in [-0.2, 0) is 30.3 Å². The summed E-state index contributed by atoms with van der Waals surface area (Å²) in [6.07, 6.45) is -0.512. The molecule has 1 heterocycles. The highest BCUT2D eigenvalue weighted by molar-refractivity contribution is 7.87. The molecule has 0 N–H and O–H groups in total. The maximum absolute atomic E-state index is 12.1. The van der Waals surface area contributed by atoms with Gasteiger partial charge in [-0.3, -0.25) is 8.98 Å². The van der Waals surface area contributed by atoms with Crippen molar-refractivity contribution in [3.8, 4) is 0 Å². The second kappa shape index (κ2) is 6.25. The van der Waals surface area contributed by atoms with Crippen molar-refractivity contribution >= 4 is 16.1 Å². The van der Waals surface area contributed by atoms with E-state index in [9.17, 15) is 26.4 Å². The monoisotopic (exact) mass is 338 g/mol. The molecule has 0 aromatic heterocycles. The molecular formula is C13H13F3O5S. The fourth-order valence-corrected chi connectivity index (χ4v) is 2.59. The molecule has 2 rings (SSSR count). The molecule has 0 radical (unpaired) electrons. The van der Waals surface area contributed by atoms with Gasteiger partial charge in [-0.2, -0.15) is 21.6 Å². The minimum atomic E-state index is -5.67. The van der Waals surface area contributed by atoms with Crippen molar-refractivity contribution in [3.63, 3.8) is 0 Å². The Bertz CT molecular complexity index is 627. The number of halogens is 3. The van der Waals surface area contributed by atoms with Crippen LogP contribution in [0.5, 0.6) is 0 Å². The zero-order chi connectivity index (χ0) is 16.4. The van der Waals surface area contributed by atoms with Crippen LogP contribution in [0.3, 0.4) is 0 Å². The van der Waals surface area contributed by atoms with Gasteiger partial charge in [0.2, 0.25) is 0 Å². The molecule has 122 valence electrons. The molecule has 1 saturated heterocycles. The first kappa shape index (κ1) is 16.8. The zero-order valence-electron chi connectivity index (χ0n) is 11.2. The SMILES string of the molecule is O=C1O[C@H](COS(=O)(=O)C(F)(F)F)C[C@H]1Cc1ccccc1. The Kier molecular flexibility index (Phi) is 4.76. The average Bonchev–Trinajstić information content (AvgIpc) is 2.77. The summed E-state index contributed by atoms with van der Waals surface area (Å²) in [6, 6.07) is 9.03. The lowest BCUT2D eigenvalue weighted by Crippen LogP contribution is -2.29. The second-order valence-electron chi connectivity index (χ2n) is 4.87. The summed E-state index contributed by atoms with van der Waals surface area (Å²) in [5.41, 5.74) is -4.60. The molecule has 1 fully saturated rings. The fourth-order valence-electron chi connectivity index (χ4n) is 2.12. The first-order valence-corrected chi connectivity index (χ1v) is 7.80. The number of esters is 1. The van der Waals surface area contributed by atoms with Gasteiger partial charge in [0, 0.05) is 6.42 Å². The lowest BCUT2D eigenvalue weighted by Gasteiger charge is -2.11. The van der Waals surface area contributed by atoms with Gasteiger partial charge in [-0.05, 0) is 12.0 Å². The third-order valence-corrected chi connectivity index (χ3v) is 4.19. The lowest BCUT2D eigenvalue weighted by molar-refractivity contribution is -0.145. The van der Waals surface area contributed by atoms with Crippen LogP contribution >= 0.6 is 0 Å². The van der Waals surface area contributed by atoms with Crippen LogP contribution < -0.4 is 0 Å². The van der Waals surface area contributed by atoms with Gasteiger partial charge in [-0.25, -0.2) is 0 Å². The average molecular weight is 338 g/mol. The van der Waals surface area contributed by atoms with Crippen molar-refractivity contribution in [2.24, 2.45) is 5.92 Å². The van der Waals surface area contributed by atoms with Gasteiger partial charge in [0.1, 0.15) is 12.7 Å². The van der Waals surface area contributed by atoms with E-state index in [0.717, 1.165) is 5.56 Å². The number of rotatable bonds is 5. The molecule has 22 heavy (non-hydrogen) atoms. The zero-order valence-corrected chi connectivity index (χ0v) is 12.1. The van der Waals surface area contributed by atoms with Crippen LogP contribution in [0.15, 0.2) is 30.3 Å². The Morgan fingerprint density at radius 3 is 2.45 bits per heavy atom. The molecule has 2 atom stereocenters. The van der Waals surface area contributed by atoms with E-state index >= 15 is 0 Å². The number of alkyl halides is 3. The van der Waals surface area contributed by atoms with Gasteiger partial charge in [0.25, 0.3) is 0 Å². The van der Waals surface area contributed by atoms with Crippen molar-refractivity contribution < 1.29 is 35.3 Å². The van der Waals surface area contributed by atoms with E-state index in [1.807, 2.05) is 18.2 Å². The molecule has 1 aliphatic heterocycles. The first-order chi connectivity index (χ1) is 10.2. The van der Waals surface area contributed by atoms with Gasteiger partial charge in [0.15, 0.2) is 0 Å². The van der Waals surface area contributed by atoms with E-state index in [4.69, 9.17) is 4.74 Å². The molecule has 0 aliphatic carbocycles. The predicted molar refractivity (Wildman–Crippen MR) is 69.1 cm³/mol. The maximum Gasteiger partial charge on any atom is 0.523 e. The molecule has 9 heteroatoms. The molecule has 0 amide bonds. The Balaban J connectivity index is 1.90. The molecular weight excluding hydrogens is 325 g/mol. The van der Waals surface area contributed by atoms with Crippen molar-refractivity contribution in [2.75, 3.05) is 6.61 Å². The van der Waals surface area contributed by atoms with E-state index in [1.165, 1.54) is 0 Å². The van der Waals surface area contributed by atoms with Crippen LogP contribution in [0.1, 0.15) is 12.0 Å². The highest BCUT2D eigenvalue weighted by Crippen LogP contribution is 2.28. The molecule has 1 aliphatic rings. The fraction of sp³-hybridized carbons (Fsp3) is 0.462. The molecule has 0 bridgehead atoms. The van der Waals surface area contributed by atoms with Crippen LogP contribution in [-0.4, -0.2) is 32.6 Å². The summed E-state index contributed by atoms with van der Waals surface area (Å²) in [4.78, 5) is 11.7. The van der Waals surface area contributed by atoms with E-state index in [0.29, 0.717) is 6.42 Å². The van der Waals surface area contributed by atoms with Crippen molar-refractivity contribution in [1.29, 1.82) is 0 Å². The van der Waals surface area contributed by atoms with E-state index in [-0.39, 0.29) is 6.42 Å². The molecule has 0 spiro atoms. The summed E-state index contributed by atoms with van der Waals surface area (Å²) in [7, 11) is -5.67. The van der Waals surface area contributed by atoms with E-state index in [2.05, 4.69) is 4.18 Å². The molecule has 1 aromatic rings. The molecule has 0 saturated carbocycles. The minimum absolute atomic E-state index is 0.112. The quantitative estimate of drug-likeness (QED) is 0.467. The number of carbonyl (C=O) groups excluding carboxylic acids is 1. The third kappa shape index (κ3) is 3.98. The molecule has 1 aromatic carbocycles. The second-order valence-corrected chi connectivity index (χ2v) is 6.47. The number of hydrogen-bond donors (Lipinski definition) is 0. The largest absolute Gasteiger partial charge is 0.523 e. The van der Waals surface area contributed by atoms with Crippen LogP contribution in [0, 0.1) is 5.92 Å². The molecule has 0 unspecified atom stereocenters. The Morgan fingerprint density at radius 2 is 1.86 bits per heavy atom. The highest BCUT2D eigenvalue weighted by Gasteiger charge is 2.48. The smallest absolute Gasteiger partial charge is 0.460 e. The van der Waals surface area contributed by atoms with Gasteiger partial charge < -0.3 is 4.74 Å². The highest BCUT2D eigenvalue weighted by atomic mass is 32.2. The predicted octanol–water partition coefficient (Wildman–Crippen LogP) is 2.03. The van der Waals surface area contributed by atoms with Gasteiger partial charge in [0.05, 0.1) is 5.92 Å². The van der Waals surface area contributed by atoms with E-state index in [1.54, 1.807) is 12.1 Å². The van der Waals surface area contributed by atoms with E-state index < -0.39 is 40.2 Å². The number of benzene rings is 1. The number of ether oxygens (including phenoxy) is 1. The number of carbonyl (C=O) groups is 1. The van der Waals surface area contributed by atoms with Gasteiger partial charge in [-0.1, -0.05) is 30.3 Å². The Labute approximate surface area is 125 Å². The Morgan fingerprint density at radius 1 is 1.23 bits per heavy atom. The Hall–Kier alpha value is -1.61. The summed E-state index contributed by atoms with van der Waals surface area (Å²) in [6.45, 7) is -0.834. The summed E-state index contributed by atoms with van der Waals surface area (Å²) in [5, 5.41) is 0. The standard InChI is InChI=1S/C13H13F3O5S/c14-13(15,16)22(18,19)20-8-11-7-10(12(17)21-11)6-9-4-2-1-3-5-9/h1-5,10-11H,6-8H2/t10-,11+/m1/s1. The first-order valence-electron chi connectivity index (χ1n) is 6.39. The third-order valence-electron chi connectivity index (χ3n) is 3.18. The number of hydrogen-bond acceptors (Lipinski definition) is 5. The number of cyclic esters (lactones) is 1. The topological polar surface area (TPSA) is 69.7 Å².